The van der Waals surface area contributed by atoms with Gasteiger partial charge in [0, 0.05) is 33.8 Å². The Labute approximate surface area is 191 Å². The van der Waals surface area contributed by atoms with Crippen LogP contribution in [0, 0.1) is 0 Å². The maximum Gasteiger partial charge on any atom is 0.500 e. The van der Waals surface area contributed by atoms with Gasteiger partial charge in [0.25, 0.3) is 0 Å². The van der Waals surface area contributed by atoms with Crippen molar-refractivity contribution in [2.24, 2.45) is 0 Å². The zero-order chi connectivity index (χ0) is 22.6. The van der Waals surface area contributed by atoms with Gasteiger partial charge in [-0.05, 0) is 25.7 Å². The lowest BCUT2D eigenvalue weighted by Crippen LogP contribution is -2.48. The van der Waals surface area contributed by atoms with Gasteiger partial charge in [-0.3, -0.25) is 0 Å². The minimum absolute atomic E-state index is 0.915. The molecule has 0 rings (SSSR count). The van der Waals surface area contributed by atoms with Gasteiger partial charge in [-0.2, -0.15) is 0 Å². The maximum absolute atomic E-state index is 5.63. The third kappa shape index (κ3) is 15.0. The van der Waals surface area contributed by atoms with Gasteiger partial charge in [0.05, 0.1) is 26.7 Å². The summed E-state index contributed by atoms with van der Waals surface area (Å²) in [6.07, 6.45) is 20.6. The van der Waals surface area contributed by atoms with Crippen LogP contribution >= 0.6 is 0 Å². The number of quaternary nitrogens is 1. The van der Waals surface area contributed by atoms with Gasteiger partial charge < -0.3 is 17.8 Å². The van der Waals surface area contributed by atoms with E-state index in [9.17, 15) is 0 Å². The van der Waals surface area contributed by atoms with Gasteiger partial charge in [-0.25, -0.2) is 0 Å². The molecule has 0 spiro atoms. The van der Waals surface area contributed by atoms with Gasteiger partial charge in [-0.15, -0.1) is 0 Å². The molecule has 0 aromatic carbocycles. The van der Waals surface area contributed by atoms with Crippen LogP contribution in [-0.4, -0.2) is 61.3 Å². The number of hydrogen-bond donors (Lipinski definition) is 0. The highest BCUT2D eigenvalue weighted by Crippen LogP contribution is 2.19. The van der Waals surface area contributed by atoms with Gasteiger partial charge in [0.2, 0.25) is 0 Å². The second-order valence-electron chi connectivity index (χ2n) is 9.43. The fraction of sp³-hybridized carbons (Fsp3) is 1.00. The quantitative estimate of drug-likeness (QED) is 0.0943. The highest BCUT2D eigenvalue weighted by atomic mass is 28.4. The molecular formula is C25H56NO3Si+. The molecule has 0 aliphatic heterocycles. The summed E-state index contributed by atoms with van der Waals surface area (Å²) in [5, 5.41) is 0. The van der Waals surface area contributed by atoms with Crippen LogP contribution in [0.25, 0.3) is 0 Å². The molecule has 0 amide bonds. The Morgan fingerprint density at radius 2 is 0.833 bits per heavy atom. The van der Waals surface area contributed by atoms with E-state index in [-0.39, 0.29) is 0 Å². The van der Waals surface area contributed by atoms with E-state index in [2.05, 4.69) is 20.9 Å². The second-order valence-corrected chi connectivity index (χ2v) is 12.5. The molecule has 0 bridgehead atoms. The summed E-state index contributed by atoms with van der Waals surface area (Å²) < 4.78 is 18.1. The van der Waals surface area contributed by atoms with Crippen LogP contribution in [-0.2, 0) is 13.3 Å². The summed E-state index contributed by atoms with van der Waals surface area (Å²) in [6, 6.07) is 0.915. The van der Waals surface area contributed by atoms with Crippen LogP contribution < -0.4 is 0 Å². The van der Waals surface area contributed by atoms with Crippen LogP contribution in [0.4, 0.5) is 0 Å². The third-order valence-electron chi connectivity index (χ3n) is 6.72. The molecule has 0 aromatic rings. The molecule has 0 atom stereocenters. The number of nitrogens with zero attached hydrogens (tertiary/aromatic N) is 1. The van der Waals surface area contributed by atoms with Crippen molar-refractivity contribution in [2.75, 3.05) is 48.0 Å². The Bertz CT molecular complexity index is 338. The number of unbranched alkanes of at least 4 members (excludes halogenated alkanes) is 12. The maximum atomic E-state index is 5.63. The van der Waals surface area contributed by atoms with E-state index in [1.54, 1.807) is 21.3 Å². The van der Waals surface area contributed by atoms with Crippen LogP contribution in [0.1, 0.15) is 110 Å². The third-order valence-corrected chi connectivity index (χ3v) is 9.55. The lowest BCUT2D eigenvalue weighted by Gasteiger charge is -2.36. The summed E-state index contributed by atoms with van der Waals surface area (Å²) in [5.41, 5.74) is 0. The number of hydrogen-bond acceptors (Lipinski definition) is 3. The predicted octanol–water partition coefficient (Wildman–Crippen LogP) is 7.20. The van der Waals surface area contributed by atoms with E-state index in [1.807, 2.05) is 0 Å². The summed E-state index contributed by atoms with van der Waals surface area (Å²) in [4.78, 5) is 0. The second kappa shape index (κ2) is 19.7. The molecule has 30 heavy (non-hydrogen) atoms. The zero-order valence-corrected chi connectivity index (χ0v) is 22.6. The fourth-order valence-electron chi connectivity index (χ4n) is 4.47. The van der Waals surface area contributed by atoms with Gasteiger partial charge in [-0.1, -0.05) is 78.1 Å². The molecule has 5 heteroatoms. The first-order valence-corrected chi connectivity index (χ1v) is 14.9. The predicted molar refractivity (Wildman–Crippen MR) is 133 cm³/mol. The van der Waals surface area contributed by atoms with E-state index in [0.29, 0.717) is 0 Å². The van der Waals surface area contributed by atoms with E-state index >= 15 is 0 Å². The van der Waals surface area contributed by atoms with Crippen molar-refractivity contribution in [3.05, 3.63) is 0 Å². The zero-order valence-electron chi connectivity index (χ0n) is 21.6. The smallest absolute Gasteiger partial charge is 0.377 e. The normalized spacial score (nSPS) is 12.6. The minimum Gasteiger partial charge on any atom is -0.377 e. The highest BCUT2D eigenvalue weighted by molar-refractivity contribution is 6.60. The summed E-state index contributed by atoms with van der Waals surface area (Å²) in [6.45, 7) is 8.41. The first-order valence-electron chi connectivity index (χ1n) is 13.0. The van der Waals surface area contributed by atoms with Crippen LogP contribution in [0.15, 0.2) is 0 Å². The van der Waals surface area contributed by atoms with Crippen molar-refractivity contribution in [1.29, 1.82) is 0 Å². The molecule has 0 unspecified atom stereocenters. The molecular weight excluding hydrogens is 390 g/mol. The first kappa shape index (κ1) is 30.1. The molecule has 0 aliphatic rings. The first-order chi connectivity index (χ1) is 14.5. The van der Waals surface area contributed by atoms with Crippen molar-refractivity contribution in [2.45, 2.75) is 116 Å². The Balaban J connectivity index is 4.40. The SMILES string of the molecule is CCCCCCCCC[N+](C)(CCCCCCCCC)CCC[Si](OC)(OC)OC. The Hall–Kier alpha value is 0.0569. The van der Waals surface area contributed by atoms with Crippen molar-refractivity contribution in [1.82, 2.24) is 0 Å². The topological polar surface area (TPSA) is 27.7 Å². The van der Waals surface area contributed by atoms with Crippen molar-refractivity contribution in [3.63, 3.8) is 0 Å². The van der Waals surface area contributed by atoms with E-state index in [1.165, 1.54) is 114 Å². The average molecular weight is 447 g/mol. The summed E-state index contributed by atoms with van der Waals surface area (Å²) in [5.74, 6) is 0. The Morgan fingerprint density at radius 1 is 0.500 bits per heavy atom. The molecule has 0 fully saturated rings. The van der Waals surface area contributed by atoms with Gasteiger partial charge in [0.15, 0.2) is 0 Å². The van der Waals surface area contributed by atoms with Crippen LogP contribution in [0.5, 0.6) is 0 Å². The van der Waals surface area contributed by atoms with E-state index in [4.69, 9.17) is 13.3 Å². The molecule has 0 aromatic heterocycles. The standard InChI is InChI=1S/C25H56NO3Si/c1-7-9-11-13-15-17-19-22-26(3,23-20-18-16-14-12-10-8-2)24-21-25-30(27-4,28-5)29-6/h7-25H2,1-6H3/q+1. The molecule has 0 radical (unpaired) electrons. The number of rotatable bonds is 23. The van der Waals surface area contributed by atoms with Crippen LogP contribution in [0.2, 0.25) is 6.04 Å². The molecule has 182 valence electrons. The molecule has 0 aliphatic carbocycles. The van der Waals surface area contributed by atoms with Crippen molar-refractivity contribution < 1.29 is 17.8 Å². The van der Waals surface area contributed by atoms with E-state index in [0.717, 1.165) is 12.5 Å². The molecule has 4 nitrogen and oxygen atoms in total. The molecule has 0 saturated carbocycles. The highest BCUT2D eigenvalue weighted by Gasteiger charge is 2.38. The lowest BCUT2D eigenvalue weighted by molar-refractivity contribution is -0.910. The largest absolute Gasteiger partial charge is 0.500 e. The van der Waals surface area contributed by atoms with Gasteiger partial charge >= 0.3 is 8.80 Å². The Kier molecular flexibility index (Phi) is 19.8. The minimum atomic E-state index is -2.44. The molecule has 0 saturated heterocycles. The summed E-state index contributed by atoms with van der Waals surface area (Å²) in [7, 11) is 5.21. The van der Waals surface area contributed by atoms with E-state index < -0.39 is 8.80 Å². The van der Waals surface area contributed by atoms with Crippen molar-refractivity contribution in [3.8, 4) is 0 Å². The average Bonchev–Trinajstić information content (AvgIpc) is 2.76. The fourth-order valence-corrected chi connectivity index (χ4v) is 6.17. The monoisotopic (exact) mass is 446 g/mol. The van der Waals surface area contributed by atoms with Crippen LogP contribution in [0.3, 0.4) is 0 Å². The molecule has 0 heterocycles. The lowest BCUT2D eigenvalue weighted by atomic mass is 10.1. The van der Waals surface area contributed by atoms with Crippen molar-refractivity contribution >= 4 is 8.80 Å². The summed E-state index contributed by atoms with van der Waals surface area (Å²) >= 11 is 0. The Morgan fingerprint density at radius 3 is 1.20 bits per heavy atom. The molecule has 0 N–H and O–H groups in total. The van der Waals surface area contributed by atoms with Gasteiger partial charge in [0.1, 0.15) is 0 Å².